The van der Waals surface area contributed by atoms with Gasteiger partial charge in [0.15, 0.2) is 11.5 Å². The monoisotopic (exact) mass is 335 g/mol. The molecular formula is C16H18ClN3O3. The van der Waals surface area contributed by atoms with Gasteiger partial charge in [0.05, 0.1) is 23.3 Å². The molecule has 23 heavy (non-hydrogen) atoms. The molecule has 122 valence electrons. The second-order valence-electron chi connectivity index (χ2n) is 5.97. The summed E-state index contributed by atoms with van der Waals surface area (Å²) in [7, 11) is 0. The van der Waals surface area contributed by atoms with Crippen molar-refractivity contribution in [3.8, 4) is 17.6 Å². The Bertz CT molecular complexity index is 669. The largest absolute Gasteiger partial charge is 0.486 e. The van der Waals surface area contributed by atoms with Gasteiger partial charge in [-0.2, -0.15) is 5.26 Å². The van der Waals surface area contributed by atoms with Crippen molar-refractivity contribution in [3.63, 3.8) is 0 Å². The summed E-state index contributed by atoms with van der Waals surface area (Å²) in [5.74, 6) is 1.20. The highest BCUT2D eigenvalue weighted by Gasteiger charge is 2.42. The van der Waals surface area contributed by atoms with Crippen LogP contribution in [0, 0.1) is 17.2 Å². The first-order valence-corrected chi connectivity index (χ1v) is 7.95. The Morgan fingerprint density at radius 1 is 1.39 bits per heavy atom. The number of rotatable bonds is 5. The van der Waals surface area contributed by atoms with E-state index in [4.69, 9.17) is 21.1 Å². The molecule has 2 aliphatic rings. The van der Waals surface area contributed by atoms with Crippen molar-refractivity contribution < 1.29 is 14.3 Å². The van der Waals surface area contributed by atoms with Crippen LogP contribution in [0.4, 0.5) is 5.69 Å². The van der Waals surface area contributed by atoms with Gasteiger partial charge in [-0.1, -0.05) is 11.6 Å². The molecule has 3 rings (SSSR count). The summed E-state index contributed by atoms with van der Waals surface area (Å²) in [5.41, 5.74) is -0.203. The van der Waals surface area contributed by atoms with Gasteiger partial charge in [-0.3, -0.25) is 4.79 Å². The Kier molecular flexibility index (Phi) is 4.22. The van der Waals surface area contributed by atoms with Crippen LogP contribution in [0.5, 0.6) is 11.5 Å². The number of ether oxygens (including phenoxy) is 2. The van der Waals surface area contributed by atoms with Gasteiger partial charge in [0.1, 0.15) is 18.8 Å². The van der Waals surface area contributed by atoms with Crippen LogP contribution in [0.25, 0.3) is 0 Å². The normalized spacial score (nSPS) is 18.5. The van der Waals surface area contributed by atoms with E-state index >= 15 is 0 Å². The Morgan fingerprint density at radius 2 is 2.04 bits per heavy atom. The van der Waals surface area contributed by atoms with E-state index < -0.39 is 5.54 Å². The molecule has 1 aromatic carbocycles. The summed E-state index contributed by atoms with van der Waals surface area (Å²) in [6.45, 7) is 2.77. The lowest BCUT2D eigenvalue weighted by Crippen LogP contribution is -2.48. The summed E-state index contributed by atoms with van der Waals surface area (Å²) >= 11 is 6.18. The van der Waals surface area contributed by atoms with E-state index in [0.717, 1.165) is 12.8 Å². The van der Waals surface area contributed by atoms with E-state index in [1.54, 1.807) is 19.1 Å². The zero-order valence-electron chi connectivity index (χ0n) is 12.8. The quantitative estimate of drug-likeness (QED) is 0.862. The van der Waals surface area contributed by atoms with Crippen LogP contribution >= 0.6 is 11.6 Å². The van der Waals surface area contributed by atoms with Crippen molar-refractivity contribution in [2.45, 2.75) is 25.3 Å². The molecule has 1 amide bonds. The topological polar surface area (TPSA) is 83.4 Å². The lowest BCUT2D eigenvalue weighted by Gasteiger charge is -2.23. The summed E-state index contributed by atoms with van der Waals surface area (Å²) in [6.07, 6.45) is 1.96. The highest BCUT2D eigenvalue weighted by molar-refractivity contribution is 6.33. The zero-order chi connectivity index (χ0) is 16.4. The van der Waals surface area contributed by atoms with Crippen LogP contribution in [0.2, 0.25) is 5.02 Å². The fourth-order valence-corrected chi connectivity index (χ4v) is 2.81. The Morgan fingerprint density at radius 3 is 2.65 bits per heavy atom. The minimum absolute atomic E-state index is 0.0311. The van der Waals surface area contributed by atoms with E-state index in [2.05, 4.69) is 16.7 Å². The van der Waals surface area contributed by atoms with Crippen LogP contribution < -0.4 is 20.1 Å². The number of hydrogen-bond acceptors (Lipinski definition) is 5. The first-order chi connectivity index (χ1) is 11.0. The maximum Gasteiger partial charge on any atom is 0.240 e. The fraction of sp³-hybridized carbons (Fsp3) is 0.500. The van der Waals surface area contributed by atoms with Crippen LogP contribution in [0.15, 0.2) is 12.1 Å². The van der Waals surface area contributed by atoms with E-state index in [-0.39, 0.29) is 18.4 Å². The SMILES string of the molecule is CC(C#N)(NC(=O)CNc1cc2c(cc1Cl)OCCO2)C1CC1. The van der Waals surface area contributed by atoms with Crippen LogP contribution in [-0.4, -0.2) is 31.2 Å². The van der Waals surface area contributed by atoms with E-state index in [9.17, 15) is 10.1 Å². The predicted molar refractivity (Wildman–Crippen MR) is 85.8 cm³/mol. The highest BCUT2D eigenvalue weighted by atomic mass is 35.5. The molecule has 1 fully saturated rings. The number of carbonyl (C=O) groups excluding carboxylic acids is 1. The maximum atomic E-state index is 12.1. The molecule has 1 atom stereocenters. The highest BCUT2D eigenvalue weighted by Crippen LogP contribution is 2.39. The molecule has 1 aliphatic carbocycles. The predicted octanol–water partition coefficient (Wildman–Crippen LogP) is 2.33. The third-order valence-corrected chi connectivity index (χ3v) is 4.41. The van der Waals surface area contributed by atoms with Crippen molar-refractivity contribution in [3.05, 3.63) is 17.2 Å². The Balaban J connectivity index is 1.62. The zero-order valence-corrected chi connectivity index (χ0v) is 13.6. The molecule has 0 saturated heterocycles. The first kappa shape index (κ1) is 15.8. The molecule has 7 heteroatoms. The van der Waals surface area contributed by atoms with E-state index in [0.29, 0.717) is 35.4 Å². The van der Waals surface area contributed by atoms with Crippen molar-refractivity contribution >= 4 is 23.2 Å². The van der Waals surface area contributed by atoms with Crippen molar-refractivity contribution in [2.75, 3.05) is 25.1 Å². The number of anilines is 1. The number of nitrogens with zero attached hydrogens (tertiary/aromatic N) is 1. The molecule has 0 spiro atoms. The van der Waals surface area contributed by atoms with E-state index in [1.807, 2.05) is 0 Å². The summed E-state index contributed by atoms with van der Waals surface area (Å²) in [4.78, 5) is 12.1. The molecule has 1 heterocycles. The molecule has 2 N–H and O–H groups in total. The number of fused-ring (bicyclic) bond motifs is 1. The number of halogens is 1. The molecule has 1 saturated carbocycles. The Hall–Kier alpha value is -2.13. The number of carbonyl (C=O) groups is 1. The average molecular weight is 336 g/mol. The molecule has 0 radical (unpaired) electrons. The number of nitriles is 1. The lowest BCUT2D eigenvalue weighted by molar-refractivity contribution is -0.120. The third kappa shape index (κ3) is 3.45. The van der Waals surface area contributed by atoms with Crippen LogP contribution in [0.1, 0.15) is 19.8 Å². The Labute approximate surface area is 139 Å². The van der Waals surface area contributed by atoms with Crippen molar-refractivity contribution in [2.24, 2.45) is 5.92 Å². The average Bonchev–Trinajstić information content (AvgIpc) is 3.38. The minimum Gasteiger partial charge on any atom is -0.486 e. The van der Waals surface area contributed by atoms with Gasteiger partial charge in [0.2, 0.25) is 5.91 Å². The van der Waals surface area contributed by atoms with Gasteiger partial charge in [-0.25, -0.2) is 0 Å². The molecular weight excluding hydrogens is 318 g/mol. The minimum atomic E-state index is -0.796. The third-order valence-electron chi connectivity index (χ3n) is 4.10. The fourth-order valence-electron chi connectivity index (χ4n) is 2.59. The number of hydrogen-bond donors (Lipinski definition) is 2. The maximum absolute atomic E-state index is 12.1. The molecule has 0 aromatic heterocycles. The number of benzene rings is 1. The smallest absolute Gasteiger partial charge is 0.240 e. The number of nitrogens with one attached hydrogen (secondary N) is 2. The molecule has 0 bridgehead atoms. The summed E-state index contributed by atoms with van der Waals surface area (Å²) < 4.78 is 10.9. The van der Waals surface area contributed by atoms with Gasteiger partial charge in [0, 0.05) is 12.1 Å². The first-order valence-electron chi connectivity index (χ1n) is 7.57. The summed E-state index contributed by atoms with van der Waals surface area (Å²) in [6, 6.07) is 5.58. The molecule has 6 nitrogen and oxygen atoms in total. The lowest BCUT2D eigenvalue weighted by atomic mass is 9.98. The standard InChI is InChI=1S/C16H18ClN3O3/c1-16(9-18,10-2-3-10)20-15(21)8-19-12-7-14-13(6-11(12)17)22-4-5-23-14/h6-7,10,19H,2-5,8H2,1H3,(H,20,21). The van der Waals surface area contributed by atoms with Crippen LogP contribution in [0.3, 0.4) is 0 Å². The van der Waals surface area contributed by atoms with Gasteiger partial charge in [-0.15, -0.1) is 0 Å². The van der Waals surface area contributed by atoms with Gasteiger partial charge < -0.3 is 20.1 Å². The second-order valence-corrected chi connectivity index (χ2v) is 6.37. The van der Waals surface area contributed by atoms with Gasteiger partial charge >= 0.3 is 0 Å². The van der Waals surface area contributed by atoms with Gasteiger partial charge in [-0.05, 0) is 25.7 Å². The molecule has 1 unspecified atom stereocenters. The summed E-state index contributed by atoms with van der Waals surface area (Å²) in [5, 5.41) is 15.5. The van der Waals surface area contributed by atoms with Gasteiger partial charge in [0.25, 0.3) is 0 Å². The van der Waals surface area contributed by atoms with Crippen molar-refractivity contribution in [1.82, 2.24) is 5.32 Å². The molecule has 1 aliphatic heterocycles. The van der Waals surface area contributed by atoms with Crippen molar-refractivity contribution in [1.29, 1.82) is 5.26 Å². The second kappa shape index (κ2) is 6.17. The van der Waals surface area contributed by atoms with Crippen LogP contribution in [-0.2, 0) is 4.79 Å². The number of amides is 1. The molecule has 1 aromatic rings. The van der Waals surface area contributed by atoms with E-state index in [1.165, 1.54) is 0 Å².